The Hall–Kier alpha value is -1.54. The van der Waals surface area contributed by atoms with Gasteiger partial charge in [-0.1, -0.05) is 0 Å². The highest BCUT2D eigenvalue weighted by Crippen LogP contribution is 2.17. The molecular formula is C11H16N2O5. The number of rotatable bonds is 8. The highest BCUT2D eigenvalue weighted by Gasteiger charge is 2.10. The van der Waals surface area contributed by atoms with E-state index in [1.807, 2.05) is 0 Å². The van der Waals surface area contributed by atoms with Crippen molar-refractivity contribution in [3.63, 3.8) is 0 Å². The highest BCUT2D eigenvalue weighted by atomic mass is 16.7. The number of nitrogens with zero attached hydrogens (tertiary/aromatic N) is 1. The van der Waals surface area contributed by atoms with Gasteiger partial charge in [0.1, 0.15) is 0 Å². The summed E-state index contributed by atoms with van der Waals surface area (Å²) < 4.78 is 4.78. The third kappa shape index (κ3) is 4.76. The summed E-state index contributed by atoms with van der Waals surface area (Å²) in [6.45, 7) is 1.03. The average Bonchev–Trinajstić information content (AvgIpc) is 2.38. The summed E-state index contributed by atoms with van der Waals surface area (Å²) in [5.41, 5.74) is 3.17. The van der Waals surface area contributed by atoms with E-state index in [1.165, 1.54) is 24.3 Å². The number of hydrogen-bond donors (Lipinski definition) is 2. The summed E-state index contributed by atoms with van der Waals surface area (Å²) in [5.74, 6) is 0. The Labute approximate surface area is 104 Å². The number of benzene rings is 1. The number of hydrogen-bond acceptors (Lipinski definition) is 6. The molecule has 0 saturated heterocycles. The smallest absolute Gasteiger partial charge is 0.269 e. The molecule has 1 atom stereocenters. The SMILES string of the molecule is COCCONCC(O)c1ccc([N+](=O)[O-])cc1. The van der Waals surface area contributed by atoms with Gasteiger partial charge in [-0.05, 0) is 17.7 Å². The fraction of sp³-hybridized carbons (Fsp3) is 0.455. The van der Waals surface area contributed by atoms with Gasteiger partial charge in [0.25, 0.3) is 5.69 Å². The maximum Gasteiger partial charge on any atom is 0.269 e. The highest BCUT2D eigenvalue weighted by molar-refractivity contribution is 5.33. The van der Waals surface area contributed by atoms with Crippen LogP contribution in [-0.2, 0) is 9.57 Å². The first-order valence-corrected chi connectivity index (χ1v) is 5.41. The Balaban J connectivity index is 2.37. The van der Waals surface area contributed by atoms with E-state index in [4.69, 9.17) is 9.57 Å². The normalized spacial score (nSPS) is 12.3. The fourth-order valence-electron chi connectivity index (χ4n) is 1.27. The predicted octanol–water partition coefficient (Wildman–Crippen LogP) is 0.796. The zero-order chi connectivity index (χ0) is 13.4. The summed E-state index contributed by atoms with van der Waals surface area (Å²) in [7, 11) is 1.56. The van der Waals surface area contributed by atoms with Crippen LogP contribution < -0.4 is 5.48 Å². The molecule has 0 bridgehead atoms. The molecule has 0 aliphatic heterocycles. The standard InChI is InChI=1S/C11H16N2O5/c1-17-6-7-18-12-8-11(14)9-2-4-10(5-3-9)13(15)16/h2-5,11-12,14H,6-8H2,1H3. The largest absolute Gasteiger partial charge is 0.387 e. The monoisotopic (exact) mass is 256 g/mol. The minimum Gasteiger partial charge on any atom is -0.387 e. The summed E-state index contributed by atoms with van der Waals surface area (Å²) >= 11 is 0. The first-order chi connectivity index (χ1) is 8.65. The minimum atomic E-state index is -0.784. The molecule has 7 nitrogen and oxygen atoms in total. The molecule has 0 fully saturated rings. The van der Waals surface area contributed by atoms with E-state index in [1.54, 1.807) is 7.11 Å². The molecule has 0 aliphatic rings. The number of nitrogens with one attached hydrogen (secondary N) is 1. The molecule has 1 rings (SSSR count). The molecule has 0 aliphatic carbocycles. The van der Waals surface area contributed by atoms with Gasteiger partial charge in [0.15, 0.2) is 0 Å². The quantitative estimate of drug-likeness (QED) is 0.406. The number of nitro groups is 1. The van der Waals surface area contributed by atoms with Gasteiger partial charge in [-0.3, -0.25) is 15.0 Å². The van der Waals surface area contributed by atoms with Crippen LogP contribution in [0, 0.1) is 10.1 Å². The molecule has 1 aromatic carbocycles. The molecule has 2 N–H and O–H groups in total. The number of non-ortho nitro benzene ring substituents is 1. The lowest BCUT2D eigenvalue weighted by Crippen LogP contribution is -2.23. The number of nitro benzene ring substituents is 1. The van der Waals surface area contributed by atoms with Crippen LogP contribution in [0.4, 0.5) is 5.69 Å². The van der Waals surface area contributed by atoms with Gasteiger partial charge in [-0.15, -0.1) is 0 Å². The molecule has 0 heterocycles. The second kappa shape index (κ2) is 7.72. The van der Waals surface area contributed by atoms with Gasteiger partial charge in [-0.2, -0.15) is 5.48 Å². The maximum absolute atomic E-state index is 10.5. The van der Waals surface area contributed by atoms with Crippen LogP contribution in [0.5, 0.6) is 0 Å². The first-order valence-electron chi connectivity index (χ1n) is 5.41. The zero-order valence-electron chi connectivity index (χ0n) is 10.0. The lowest BCUT2D eigenvalue weighted by molar-refractivity contribution is -0.384. The van der Waals surface area contributed by atoms with Gasteiger partial charge in [0.05, 0.1) is 30.8 Å². The third-order valence-corrected chi connectivity index (χ3v) is 2.26. The number of aliphatic hydroxyl groups excluding tert-OH is 1. The first kappa shape index (κ1) is 14.5. The van der Waals surface area contributed by atoms with Crippen molar-refractivity contribution in [1.82, 2.24) is 5.48 Å². The zero-order valence-corrected chi connectivity index (χ0v) is 10.0. The van der Waals surface area contributed by atoms with Crippen molar-refractivity contribution in [1.29, 1.82) is 0 Å². The van der Waals surface area contributed by atoms with Gasteiger partial charge in [0, 0.05) is 19.2 Å². The van der Waals surface area contributed by atoms with Crippen LogP contribution in [0.2, 0.25) is 0 Å². The van der Waals surface area contributed by atoms with Gasteiger partial charge in [-0.25, -0.2) is 0 Å². The fourth-order valence-corrected chi connectivity index (χ4v) is 1.27. The Kier molecular flexibility index (Phi) is 6.23. The van der Waals surface area contributed by atoms with E-state index in [2.05, 4.69) is 5.48 Å². The molecule has 100 valence electrons. The number of methoxy groups -OCH3 is 1. The number of ether oxygens (including phenoxy) is 1. The van der Waals surface area contributed by atoms with Gasteiger partial charge < -0.3 is 9.84 Å². The molecule has 1 unspecified atom stereocenters. The summed E-state index contributed by atoms with van der Waals surface area (Å²) in [5, 5.41) is 20.2. The van der Waals surface area contributed by atoms with Crippen molar-refractivity contribution in [3.8, 4) is 0 Å². The van der Waals surface area contributed by atoms with Crippen LogP contribution in [0.3, 0.4) is 0 Å². The van der Waals surface area contributed by atoms with Crippen molar-refractivity contribution >= 4 is 5.69 Å². The number of hydroxylamine groups is 1. The van der Waals surface area contributed by atoms with Crippen molar-refractivity contribution in [2.45, 2.75) is 6.10 Å². The average molecular weight is 256 g/mol. The lowest BCUT2D eigenvalue weighted by atomic mass is 10.1. The molecule has 0 aromatic heterocycles. The van der Waals surface area contributed by atoms with Crippen LogP contribution in [0.15, 0.2) is 24.3 Å². The van der Waals surface area contributed by atoms with Crippen molar-refractivity contribution in [2.24, 2.45) is 0 Å². The molecule has 1 aromatic rings. The summed E-state index contributed by atoms with van der Waals surface area (Å²) in [4.78, 5) is 15.0. The Morgan fingerprint density at radius 2 is 2.06 bits per heavy atom. The molecule has 18 heavy (non-hydrogen) atoms. The van der Waals surface area contributed by atoms with Gasteiger partial charge in [0.2, 0.25) is 0 Å². The molecule has 0 radical (unpaired) electrons. The minimum absolute atomic E-state index is 0.00439. The van der Waals surface area contributed by atoms with E-state index >= 15 is 0 Å². The summed E-state index contributed by atoms with van der Waals surface area (Å²) in [6, 6.07) is 5.73. The topological polar surface area (TPSA) is 93.9 Å². The third-order valence-electron chi connectivity index (χ3n) is 2.26. The number of aliphatic hydroxyl groups is 1. The Morgan fingerprint density at radius 3 is 2.61 bits per heavy atom. The molecule has 7 heteroatoms. The van der Waals surface area contributed by atoms with E-state index in [-0.39, 0.29) is 12.2 Å². The van der Waals surface area contributed by atoms with Gasteiger partial charge >= 0.3 is 0 Å². The van der Waals surface area contributed by atoms with Crippen molar-refractivity contribution in [2.75, 3.05) is 26.9 Å². The van der Waals surface area contributed by atoms with Crippen LogP contribution in [-0.4, -0.2) is 36.9 Å². The second-order valence-electron chi connectivity index (χ2n) is 3.55. The van der Waals surface area contributed by atoms with Crippen molar-refractivity contribution in [3.05, 3.63) is 39.9 Å². The Bertz CT molecular complexity index is 368. The maximum atomic E-state index is 10.5. The lowest BCUT2D eigenvalue weighted by Gasteiger charge is -2.11. The van der Waals surface area contributed by atoms with Crippen LogP contribution >= 0.6 is 0 Å². The van der Waals surface area contributed by atoms with E-state index in [0.717, 1.165) is 0 Å². The van der Waals surface area contributed by atoms with E-state index in [0.29, 0.717) is 18.8 Å². The second-order valence-corrected chi connectivity index (χ2v) is 3.55. The van der Waals surface area contributed by atoms with Crippen LogP contribution in [0.1, 0.15) is 11.7 Å². The predicted molar refractivity (Wildman–Crippen MR) is 63.9 cm³/mol. The molecule has 0 saturated carbocycles. The molecular weight excluding hydrogens is 240 g/mol. The van der Waals surface area contributed by atoms with E-state index in [9.17, 15) is 15.2 Å². The molecule has 0 amide bonds. The van der Waals surface area contributed by atoms with Crippen LogP contribution in [0.25, 0.3) is 0 Å². The Morgan fingerprint density at radius 1 is 1.39 bits per heavy atom. The summed E-state index contributed by atoms with van der Waals surface area (Å²) in [6.07, 6.45) is -0.784. The molecule has 0 spiro atoms. The van der Waals surface area contributed by atoms with E-state index < -0.39 is 11.0 Å². The van der Waals surface area contributed by atoms with Crippen molar-refractivity contribution < 1.29 is 19.6 Å².